The van der Waals surface area contributed by atoms with Crippen molar-refractivity contribution in [1.29, 1.82) is 0 Å². The van der Waals surface area contributed by atoms with Gasteiger partial charge in [-0.25, -0.2) is 8.78 Å². The molecule has 0 aliphatic carbocycles. The van der Waals surface area contributed by atoms with Crippen molar-refractivity contribution in [2.24, 2.45) is 0 Å². The van der Waals surface area contributed by atoms with Gasteiger partial charge in [-0.3, -0.25) is 0 Å². The lowest BCUT2D eigenvalue weighted by atomic mass is 10.3. The predicted molar refractivity (Wildman–Crippen MR) is 66.4 cm³/mol. The maximum absolute atomic E-state index is 12.7. The maximum atomic E-state index is 12.7. The normalized spacial score (nSPS) is 10.1. The van der Waals surface area contributed by atoms with Gasteiger partial charge in [0, 0.05) is 0 Å². The van der Waals surface area contributed by atoms with Crippen LogP contribution in [0.1, 0.15) is 0 Å². The molecule has 4 heteroatoms. The lowest BCUT2D eigenvalue weighted by Crippen LogP contribution is -2.06. The van der Waals surface area contributed by atoms with Gasteiger partial charge < -0.3 is 0 Å². The van der Waals surface area contributed by atoms with Gasteiger partial charge in [0.2, 0.25) is 6.70 Å². The maximum Gasteiger partial charge on any atom is 0.250 e. The molecule has 2 aromatic rings. The van der Waals surface area contributed by atoms with Gasteiger partial charge in [0.05, 0.1) is 0 Å². The average Bonchev–Trinajstić information content (AvgIpc) is 2.30. The van der Waals surface area contributed by atoms with Crippen LogP contribution >= 0.6 is 6.70 Å². The molecule has 0 nitrogen and oxygen atoms in total. The number of hydrogen-bond donors (Lipinski definition) is 0. The molecular weight excluding hydrogens is 245 g/mol. The van der Waals surface area contributed by atoms with E-state index in [9.17, 15) is 8.78 Å². The highest BCUT2D eigenvalue weighted by Crippen LogP contribution is 2.19. The van der Waals surface area contributed by atoms with Crippen molar-refractivity contribution in [3.8, 4) is 0 Å². The average molecular weight is 253 g/mol. The van der Waals surface area contributed by atoms with Crippen LogP contribution in [0.25, 0.3) is 0 Å². The smallest absolute Gasteiger partial charge is 0.207 e. The Morgan fingerprint density at radius 2 is 1.00 bits per heavy atom. The van der Waals surface area contributed by atoms with Crippen molar-refractivity contribution < 1.29 is 8.78 Å². The zero-order chi connectivity index (χ0) is 11.5. The summed E-state index contributed by atoms with van der Waals surface area (Å²) < 4.78 is 25.5. The molecule has 0 N–H and O–H groups in total. The second kappa shape index (κ2) is 4.77. The minimum Gasteiger partial charge on any atom is -0.207 e. The predicted octanol–water partition coefficient (Wildman–Crippen LogP) is 2.86. The number of halogens is 2. The Labute approximate surface area is 98.4 Å². The van der Waals surface area contributed by atoms with E-state index in [1.165, 1.54) is 24.3 Å². The van der Waals surface area contributed by atoms with Crippen LogP contribution in [0.2, 0.25) is 0 Å². The highest BCUT2D eigenvalue weighted by Gasteiger charge is 2.17. The molecule has 80 valence electrons. The van der Waals surface area contributed by atoms with Crippen molar-refractivity contribution in [2.75, 3.05) is 0 Å². The van der Waals surface area contributed by atoms with Crippen LogP contribution in [0.4, 0.5) is 8.78 Å². The Hall–Kier alpha value is -1.18. The van der Waals surface area contributed by atoms with Gasteiger partial charge >= 0.3 is 0 Å². The zero-order valence-electron chi connectivity index (χ0n) is 8.23. The molecule has 0 bridgehead atoms. The van der Waals surface area contributed by atoms with Crippen LogP contribution in [0.15, 0.2) is 48.5 Å². The fourth-order valence-electron chi connectivity index (χ4n) is 1.30. The molecule has 0 saturated carbocycles. The van der Waals surface area contributed by atoms with E-state index in [0.29, 0.717) is 0 Å². The Morgan fingerprint density at radius 1 is 0.688 bits per heavy atom. The van der Waals surface area contributed by atoms with Gasteiger partial charge in [0.25, 0.3) is 0 Å². The third kappa shape index (κ3) is 2.49. The summed E-state index contributed by atoms with van der Waals surface area (Å²) in [5.74, 6) is -0.553. The molecule has 2 aromatic carbocycles. The van der Waals surface area contributed by atoms with Crippen LogP contribution in [0.3, 0.4) is 0 Å². The second-order valence-electron chi connectivity index (χ2n) is 3.25. The largest absolute Gasteiger partial charge is 0.250 e. The van der Waals surface area contributed by atoms with E-state index in [1.54, 1.807) is 24.3 Å². The lowest BCUT2D eigenvalue weighted by Gasteiger charge is -1.93. The van der Waals surface area contributed by atoms with Crippen molar-refractivity contribution >= 4 is 29.1 Å². The topological polar surface area (TPSA) is 0 Å². The van der Waals surface area contributed by atoms with Crippen molar-refractivity contribution in [3.05, 3.63) is 60.2 Å². The van der Waals surface area contributed by atoms with Gasteiger partial charge in [-0.1, -0.05) is 0 Å². The summed E-state index contributed by atoms with van der Waals surface area (Å²) in [5.41, 5.74) is 0. The minimum absolute atomic E-state index is 0.277. The summed E-state index contributed by atoms with van der Waals surface area (Å²) in [6.45, 7) is -0.946. The zero-order valence-corrected chi connectivity index (χ0v) is 9.94. The molecule has 0 aliphatic heterocycles. The number of rotatable bonds is 2. The van der Waals surface area contributed by atoms with Crippen LogP contribution in [-0.4, -0.2) is 0 Å². The quantitative estimate of drug-likeness (QED) is 0.742. The molecule has 0 unspecified atom stereocenters. The Morgan fingerprint density at radius 3 is 1.31 bits per heavy atom. The molecular formula is C12H8F2PS+. The standard InChI is InChI=1S/C12H8F2PS/c13-9-1-5-11(6-2-9)15(16)12-7-3-10(14)4-8-12/h1-8H/q+1. The third-order valence-corrected chi connectivity index (χ3v) is 4.92. The molecule has 0 aromatic heterocycles. The van der Waals surface area contributed by atoms with Gasteiger partial charge in [-0.15, -0.1) is 0 Å². The second-order valence-corrected chi connectivity index (χ2v) is 5.96. The van der Waals surface area contributed by atoms with E-state index in [2.05, 4.69) is 0 Å². The van der Waals surface area contributed by atoms with Gasteiger partial charge in [-0.05, 0) is 48.5 Å². The third-order valence-electron chi connectivity index (χ3n) is 2.12. The van der Waals surface area contributed by atoms with Crippen LogP contribution in [0, 0.1) is 11.6 Å². The molecule has 0 spiro atoms. The van der Waals surface area contributed by atoms with Crippen molar-refractivity contribution in [3.63, 3.8) is 0 Å². The highest BCUT2D eigenvalue weighted by atomic mass is 32.4. The van der Waals surface area contributed by atoms with E-state index in [0.717, 1.165) is 10.6 Å². The molecule has 2 rings (SSSR count). The molecule has 0 fully saturated rings. The monoisotopic (exact) mass is 253 g/mol. The van der Waals surface area contributed by atoms with Gasteiger partial charge in [-0.2, -0.15) is 0 Å². The summed E-state index contributed by atoms with van der Waals surface area (Å²) in [4.78, 5) is 0. The van der Waals surface area contributed by atoms with E-state index in [1.807, 2.05) is 0 Å². The molecule has 0 atom stereocenters. The van der Waals surface area contributed by atoms with Gasteiger partial charge in [0.1, 0.15) is 11.6 Å². The van der Waals surface area contributed by atoms with Crippen LogP contribution in [0.5, 0.6) is 0 Å². The fourth-order valence-corrected chi connectivity index (χ4v) is 3.17. The first-order valence-electron chi connectivity index (χ1n) is 4.65. The first-order valence-corrected chi connectivity index (χ1v) is 7.01. The lowest BCUT2D eigenvalue weighted by molar-refractivity contribution is 0.628. The molecule has 0 aliphatic rings. The summed E-state index contributed by atoms with van der Waals surface area (Å²) in [6, 6.07) is 12.3. The van der Waals surface area contributed by atoms with E-state index < -0.39 is 6.70 Å². The molecule has 0 amide bonds. The van der Waals surface area contributed by atoms with Crippen LogP contribution in [-0.2, 0) is 11.8 Å². The van der Waals surface area contributed by atoms with Crippen molar-refractivity contribution in [2.45, 2.75) is 0 Å². The Kier molecular flexibility index (Phi) is 3.37. The minimum atomic E-state index is -0.946. The summed E-state index contributed by atoms with van der Waals surface area (Å²) in [6.07, 6.45) is 0. The van der Waals surface area contributed by atoms with Crippen LogP contribution < -0.4 is 10.6 Å². The fraction of sp³-hybridized carbons (Fsp3) is 0. The molecule has 0 saturated heterocycles. The van der Waals surface area contributed by atoms with E-state index in [4.69, 9.17) is 11.8 Å². The highest BCUT2D eigenvalue weighted by molar-refractivity contribution is 8.12. The van der Waals surface area contributed by atoms with Crippen molar-refractivity contribution in [1.82, 2.24) is 0 Å². The first kappa shape index (κ1) is 11.3. The number of hydrogen-bond acceptors (Lipinski definition) is 1. The Bertz CT molecular complexity index is 458. The number of benzene rings is 2. The summed E-state index contributed by atoms with van der Waals surface area (Å²) >= 11 is 5.38. The molecule has 0 heterocycles. The molecule has 0 radical (unpaired) electrons. The summed E-state index contributed by atoms with van der Waals surface area (Å²) in [7, 11) is 0. The van der Waals surface area contributed by atoms with E-state index in [-0.39, 0.29) is 11.6 Å². The van der Waals surface area contributed by atoms with E-state index >= 15 is 0 Å². The first-order chi connectivity index (χ1) is 7.66. The summed E-state index contributed by atoms with van der Waals surface area (Å²) in [5, 5.41) is 1.80. The van der Waals surface area contributed by atoms with Gasteiger partial charge in [0.15, 0.2) is 22.4 Å². The molecule has 16 heavy (non-hydrogen) atoms. The SMILES string of the molecule is Fc1ccc([P+](=S)c2ccc(F)cc2)cc1. The Balaban J connectivity index is 2.32.